The second-order valence-corrected chi connectivity index (χ2v) is 7.81. The standard InChI is InChI=1S/C26H24N2O4/c1-16-11-12-21(32-3)20(14-16)24(29)22-23(19-10-5-4-8-17(19)2)28(26(31)25(22)30)15-18-9-6-7-13-27-18/h4-14,23,29H,15H2,1-3H3/b24-22+. The maximum atomic E-state index is 13.2. The number of aliphatic hydroxyl groups is 1. The van der Waals surface area contributed by atoms with Crippen LogP contribution in [0.4, 0.5) is 0 Å². The number of aryl methyl sites for hydroxylation is 2. The molecule has 1 fully saturated rings. The Morgan fingerprint density at radius 1 is 1.06 bits per heavy atom. The van der Waals surface area contributed by atoms with E-state index in [4.69, 9.17) is 4.74 Å². The van der Waals surface area contributed by atoms with Gasteiger partial charge in [-0.25, -0.2) is 0 Å². The predicted octanol–water partition coefficient (Wildman–Crippen LogP) is 4.33. The molecular weight excluding hydrogens is 404 g/mol. The van der Waals surface area contributed by atoms with Gasteiger partial charge in [-0.1, -0.05) is 42.0 Å². The summed E-state index contributed by atoms with van der Waals surface area (Å²) in [5.41, 5.74) is 3.65. The van der Waals surface area contributed by atoms with Crippen molar-refractivity contribution >= 4 is 17.4 Å². The third-order valence-electron chi connectivity index (χ3n) is 5.69. The zero-order valence-corrected chi connectivity index (χ0v) is 18.2. The van der Waals surface area contributed by atoms with Gasteiger partial charge in [0, 0.05) is 6.20 Å². The van der Waals surface area contributed by atoms with E-state index in [2.05, 4.69) is 4.98 Å². The second kappa shape index (κ2) is 8.67. The first kappa shape index (κ1) is 21.3. The van der Waals surface area contributed by atoms with Gasteiger partial charge >= 0.3 is 0 Å². The zero-order chi connectivity index (χ0) is 22.8. The van der Waals surface area contributed by atoms with Crippen molar-refractivity contribution < 1.29 is 19.4 Å². The highest BCUT2D eigenvalue weighted by Crippen LogP contribution is 2.42. The Hall–Kier alpha value is -3.93. The van der Waals surface area contributed by atoms with Gasteiger partial charge in [-0.3, -0.25) is 14.6 Å². The number of Topliss-reactive ketones (excluding diaryl/α,β-unsaturated/α-hetero) is 1. The molecule has 0 aliphatic carbocycles. The molecule has 1 atom stereocenters. The first-order chi connectivity index (χ1) is 15.4. The van der Waals surface area contributed by atoms with Crippen molar-refractivity contribution in [3.63, 3.8) is 0 Å². The van der Waals surface area contributed by atoms with Gasteiger partial charge in [0.1, 0.15) is 11.5 Å². The number of benzene rings is 2. The predicted molar refractivity (Wildman–Crippen MR) is 121 cm³/mol. The Bertz CT molecular complexity index is 1220. The van der Waals surface area contributed by atoms with Crippen LogP contribution in [0.15, 0.2) is 72.4 Å². The largest absolute Gasteiger partial charge is 0.507 e. The van der Waals surface area contributed by atoms with Crippen LogP contribution in [-0.2, 0) is 16.1 Å². The van der Waals surface area contributed by atoms with Gasteiger partial charge < -0.3 is 14.7 Å². The molecule has 0 radical (unpaired) electrons. The lowest BCUT2D eigenvalue weighted by atomic mass is 9.92. The summed E-state index contributed by atoms with van der Waals surface area (Å²) in [5.74, 6) is -1.22. The first-order valence-electron chi connectivity index (χ1n) is 10.3. The molecule has 1 saturated heterocycles. The lowest BCUT2D eigenvalue weighted by Gasteiger charge is -2.26. The number of likely N-dealkylation sites (tertiary alicyclic amines) is 1. The van der Waals surface area contributed by atoms with Crippen molar-refractivity contribution in [1.82, 2.24) is 9.88 Å². The van der Waals surface area contributed by atoms with Gasteiger partial charge in [-0.15, -0.1) is 0 Å². The van der Waals surface area contributed by atoms with Crippen LogP contribution in [0.5, 0.6) is 5.75 Å². The highest BCUT2D eigenvalue weighted by molar-refractivity contribution is 6.46. The summed E-state index contributed by atoms with van der Waals surface area (Å²) in [6.45, 7) is 3.95. The van der Waals surface area contributed by atoms with Crippen LogP contribution >= 0.6 is 0 Å². The fourth-order valence-electron chi connectivity index (χ4n) is 4.08. The van der Waals surface area contributed by atoms with Crippen molar-refractivity contribution in [2.45, 2.75) is 26.4 Å². The molecule has 0 saturated carbocycles. The van der Waals surface area contributed by atoms with Crippen LogP contribution in [0.1, 0.15) is 34.0 Å². The smallest absolute Gasteiger partial charge is 0.296 e. The summed E-state index contributed by atoms with van der Waals surface area (Å²) in [4.78, 5) is 32.2. The summed E-state index contributed by atoms with van der Waals surface area (Å²) in [7, 11) is 1.50. The minimum atomic E-state index is -0.747. The van der Waals surface area contributed by atoms with Crippen LogP contribution in [0.3, 0.4) is 0 Å². The highest BCUT2D eigenvalue weighted by Gasteiger charge is 2.46. The Kier molecular flexibility index (Phi) is 5.77. The third-order valence-corrected chi connectivity index (χ3v) is 5.69. The average Bonchev–Trinajstić information content (AvgIpc) is 3.04. The third kappa shape index (κ3) is 3.75. The molecule has 1 aromatic heterocycles. The van der Waals surface area contributed by atoms with Crippen LogP contribution in [0.25, 0.3) is 5.76 Å². The molecule has 6 nitrogen and oxygen atoms in total. The van der Waals surface area contributed by atoms with Crippen LogP contribution in [0, 0.1) is 13.8 Å². The summed E-state index contributed by atoms with van der Waals surface area (Å²) in [6.07, 6.45) is 1.65. The maximum Gasteiger partial charge on any atom is 0.296 e. The Balaban J connectivity index is 1.93. The number of nitrogens with zero attached hydrogens (tertiary/aromatic N) is 2. The van der Waals surface area contributed by atoms with Gasteiger partial charge in [-0.05, 0) is 49.2 Å². The van der Waals surface area contributed by atoms with E-state index in [-0.39, 0.29) is 17.9 Å². The average molecular weight is 428 g/mol. The summed E-state index contributed by atoms with van der Waals surface area (Å²) in [6, 6.07) is 17.6. The number of carbonyl (C=O) groups excluding carboxylic acids is 2. The molecule has 1 unspecified atom stereocenters. The van der Waals surface area contributed by atoms with E-state index in [1.165, 1.54) is 12.0 Å². The fraction of sp³-hybridized carbons (Fsp3) is 0.192. The number of aliphatic hydroxyl groups excluding tert-OH is 1. The van der Waals surface area contributed by atoms with Crippen molar-refractivity contribution in [2.75, 3.05) is 7.11 Å². The Morgan fingerprint density at radius 3 is 2.50 bits per heavy atom. The molecule has 6 heteroatoms. The van der Waals surface area contributed by atoms with Crippen molar-refractivity contribution in [2.24, 2.45) is 0 Å². The van der Waals surface area contributed by atoms with Crippen molar-refractivity contribution in [3.05, 3.63) is 100 Å². The van der Waals surface area contributed by atoms with Gasteiger partial charge in [-0.2, -0.15) is 0 Å². The number of rotatable bonds is 5. The van der Waals surface area contributed by atoms with E-state index in [0.29, 0.717) is 17.0 Å². The van der Waals surface area contributed by atoms with Gasteiger partial charge in [0.05, 0.1) is 36.5 Å². The molecule has 2 aromatic carbocycles. The Morgan fingerprint density at radius 2 is 1.81 bits per heavy atom. The van der Waals surface area contributed by atoms with Crippen molar-refractivity contribution in [1.29, 1.82) is 0 Å². The maximum absolute atomic E-state index is 13.2. The molecule has 32 heavy (non-hydrogen) atoms. The summed E-state index contributed by atoms with van der Waals surface area (Å²) < 4.78 is 5.42. The topological polar surface area (TPSA) is 79.7 Å². The van der Waals surface area contributed by atoms with E-state index in [9.17, 15) is 14.7 Å². The molecule has 4 rings (SSSR count). The van der Waals surface area contributed by atoms with Crippen LogP contribution in [-0.4, -0.2) is 33.8 Å². The molecule has 1 amide bonds. The lowest BCUT2D eigenvalue weighted by molar-refractivity contribution is -0.140. The van der Waals surface area contributed by atoms with Crippen molar-refractivity contribution in [3.8, 4) is 5.75 Å². The number of aromatic nitrogens is 1. The summed E-state index contributed by atoms with van der Waals surface area (Å²) >= 11 is 0. The normalized spacial score (nSPS) is 17.6. The van der Waals surface area contributed by atoms with Crippen LogP contribution in [0.2, 0.25) is 0 Å². The quantitative estimate of drug-likeness (QED) is 0.372. The van der Waals surface area contributed by atoms with E-state index in [1.807, 2.05) is 50.2 Å². The van der Waals surface area contributed by atoms with E-state index >= 15 is 0 Å². The van der Waals surface area contributed by atoms with Gasteiger partial charge in [0.15, 0.2) is 0 Å². The minimum absolute atomic E-state index is 0.0455. The minimum Gasteiger partial charge on any atom is -0.507 e. The zero-order valence-electron chi connectivity index (χ0n) is 18.2. The second-order valence-electron chi connectivity index (χ2n) is 7.81. The first-order valence-corrected chi connectivity index (χ1v) is 10.3. The van der Waals surface area contributed by atoms with E-state index < -0.39 is 17.7 Å². The molecular formula is C26H24N2O4. The van der Waals surface area contributed by atoms with Gasteiger partial charge in [0.25, 0.3) is 11.7 Å². The van der Waals surface area contributed by atoms with Gasteiger partial charge in [0.2, 0.25) is 0 Å². The molecule has 3 aromatic rings. The monoisotopic (exact) mass is 428 g/mol. The number of ketones is 1. The molecule has 0 bridgehead atoms. The molecule has 0 spiro atoms. The molecule has 1 N–H and O–H groups in total. The SMILES string of the molecule is COc1ccc(C)cc1/C(O)=C1\C(=O)C(=O)N(Cc2ccccn2)C1c1ccccc1C. The molecule has 1 aliphatic heterocycles. The highest BCUT2D eigenvalue weighted by atomic mass is 16.5. The molecule has 162 valence electrons. The van der Waals surface area contributed by atoms with E-state index in [0.717, 1.165) is 16.7 Å². The van der Waals surface area contributed by atoms with Crippen LogP contribution < -0.4 is 4.74 Å². The number of carbonyl (C=O) groups is 2. The number of methoxy groups -OCH3 is 1. The summed E-state index contributed by atoms with van der Waals surface area (Å²) in [5, 5.41) is 11.3. The fourth-order valence-corrected chi connectivity index (χ4v) is 4.08. The number of amides is 1. The number of pyridine rings is 1. The number of hydrogen-bond acceptors (Lipinski definition) is 5. The Labute approximate surface area is 186 Å². The molecule has 1 aliphatic rings. The lowest BCUT2D eigenvalue weighted by Crippen LogP contribution is -2.29. The molecule has 2 heterocycles. The number of hydrogen-bond donors (Lipinski definition) is 1. The van der Waals surface area contributed by atoms with E-state index in [1.54, 1.807) is 30.5 Å². The number of ether oxygens (including phenoxy) is 1.